The molecule has 0 spiro atoms. The molecule has 0 aliphatic heterocycles. The Morgan fingerprint density at radius 3 is 1.60 bits per heavy atom. The van der Waals surface area contributed by atoms with Crippen molar-refractivity contribution in [3.63, 3.8) is 0 Å². The van der Waals surface area contributed by atoms with Gasteiger partial charge in [0.05, 0.1) is 0 Å². The molecule has 13 heteroatoms. The number of aryl methyl sites for hydroxylation is 1. The second-order valence-electron chi connectivity index (χ2n) is 2.79. The quantitative estimate of drug-likeness (QED) is 0.178. The van der Waals surface area contributed by atoms with Crippen LogP contribution in [-0.2, 0) is 29.5 Å². The van der Waals surface area contributed by atoms with E-state index in [4.69, 9.17) is 5.11 Å². The summed E-state index contributed by atoms with van der Waals surface area (Å²) in [4.78, 5) is 0. The van der Waals surface area contributed by atoms with Gasteiger partial charge in [0, 0.05) is 0 Å². The smallest absolute Gasteiger partial charge is 0.724 e. The van der Waals surface area contributed by atoms with Gasteiger partial charge in [0.1, 0.15) is 5.75 Å². The van der Waals surface area contributed by atoms with Crippen molar-refractivity contribution in [2.45, 2.75) is 6.92 Å². The van der Waals surface area contributed by atoms with E-state index in [1.807, 2.05) is 19.1 Å². The maximum absolute atomic E-state index is 9.37. The van der Waals surface area contributed by atoms with Crippen molar-refractivity contribution in [2.24, 2.45) is 0 Å². The normalized spacial score (nSPS) is 10.3. The standard InChI is InChI=1S/C7H8O.2K.H2O8S2/c1-6-3-2-4-7(8)5-6;;;1-9(2,3)7-8-10(4,5)6/h2-5,8H,1H3;;;(H,1,2,3)(H,4,5,6)/q;2*+1;/p-2. The van der Waals surface area contributed by atoms with E-state index in [9.17, 15) is 25.9 Å². The molecule has 9 nitrogen and oxygen atoms in total. The van der Waals surface area contributed by atoms with Gasteiger partial charge < -0.3 is 14.2 Å². The van der Waals surface area contributed by atoms with Crippen molar-refractivity contribution >= 4 is 20.8 Å². The summed E-state index contributed by atoms with van der Waals surface area (Å²) >= 11 is 0. The Bertz CT molecular complexity index is 535. The summed E-state index contributed by atoms with van der Waals surface area (Å²) in [5.41, 5.74) is 1.09. The zero-order valence-corrected chi connectivity index (χ0v) is 18.7. The SMILES string of the molecule is Cc1cccc(O)c1.O=S(=O)([O-])OOS(=O)(=O)[O-].[K+].[K+]. The van der Waals surface area contributed by atoms with Gasteiger partial charge in [0.2, 0.25) is 20.8 Å². The van der Waals surface area contributed by atoms with Crippen LogP contribution in [0.3, 0.4) is 0 Å². The molecule has 0 heterocycles. The maximum Gasteiger partial charge on any atom is 1.00 e. The molecule has 0 amide bonds. The van der Waals surface area contributed by atoms with E-state index in [2.05, 4.69) is 8.67 Å². The summed E-state index contributed by atoms with van der Waals surface area (Å²) in [6, 6.07) is 7.15. The third-order valence-electron chi connectivity index (χ3n) is 1.20. The summed E-state index contributed by atoms with van der Waals surface area (Å²) in [7, 11) is -10.6. The average Bonchev–Trinajstić information content (AvgIpc) is 2.13. The van der Waals surface area contributed by atoms with E-state index in [0.29, 0.717) is 5.75 Å². The number of aromatic hydroxyl groups is 1. The minimum Gasteiger partial charge on any atom is -0.724 e. The Hall–Kier alpha value is 2.03. The van der Waals surface area contributed by atoms with E-state index in [-0.39, 0.29) is 103 Å². The van der Waals surface area contributed by atoms with Gasteiger partial charge in [-0.1, -0.05) is 12.1 Å². The van der Waals surface area contributed by atoms with Crippen LogP contribution < -0.4 is 103 Å². The van der Waals surface area contributed by atoms with Gasteiger partial charge in [0.25, 0.3) is 0 Å². The zero-order chi connectivity index (χ0) is 14.4. The summed E-state index contributed by atoms with van der Waals surface area (Å²) in [5.74, 6) is 0.338. The van der Waals surface area contributed by atoms with Crippen LogP contribution in [0.4, 0.5) is 0 Å². The number of hydrogen-bond donors (Lipinski definition) is 1. The molecule has 0 saturated carbocycles. The van der Waals surface area contributed by atoms with Crippen LogP contribution >= 0.6 is 0 Å². The van der Waals surface area contributed by atoms with Gasteiger partial charge in [-0.05, 0) is 24.6 Å². The van der Waals surface area contributed by atoms with Crippen molar-refractivity contribution in [3.8, 4) is 5.75 Å². The first-order valence-corrected chi connectivity index (χ1v) is 6.71. The van der Waals surface area contributed by atoms with Crippen molar-refractivity contribution in [3.05, 3.63) is 29.8 Å². The fourth-order valence-electron chi connectivity index (χ4n) is 0.696. The van der Waals surface area contributed by atoms with E-state index in [1.54, 1.807) is 12.1 Å². The number of benzene rings is 1. The summed E-state index contributed by atoms with van der Waals surface area (Å²) in [5, 5.41) is 8.81. The molecule has 0 aliphatic carbocycles. The van der Waals surface area contributed by atoms with Gasteiger partial charge in [0.15, 0.2) is 0 Å². The van der Waals surface area contributed by atoms with Crippen LogP contribution in [0.15, 0.2) is 24.3 Å². The fraction of sp³-hybridized carbons (Fsp3) is 0.143. The first kappa shape index (κ1) is 26.9. The van der Waals surface area contributed by atoms with Crippen LogP contribution in [-0.4, -0.2) is 31.0 Å². The molecule has 104 valence electrons. The molecule has 20 heavy (non-hydrogen) atoms. The van der Waals surface area contributed by atoms with Crippen LogP contribution in [0.1, 0.15) is 5.56 Å². The van der Waals surface area contributed by atoms with Crippen LogP contribution in [0.2, 0.25) is 0 Å². The number of hydrogen-bond acceptors (Lipinski definition) is 9. The van der Waals surface area contributed by atoms with E-state index < -0.39 is 20.8 Å². The largest absolute Gasteiger partial charge is 1.00 e. The maximum atomic E-state index is 9.37. The van der Waals surface area contributed by atoms with Crippen LogP contribution in [0.5, 0.6) is 5.75 Å². The molecule has 1 N–H and O–H groups in total. The molecular formula is C7H8K2O9S2. The molecule has 0 unspecified atom stereocenters. The predicted molar refractivity (Wildman–Crippen MR) is 54.4 cm³/mol. The Balaban J connectivity index is -0.000000266. The van der Waals surface area contributed by atoms with Gasteiger partial charge in [-0.3, -0.25) is 0 Å². The molecule has 1 aromatic carbocycles. The first-order chi connectivity index (χ1) is 7.99. The van der Waals surface area contributed by atoms with Crippen LogP contribution in [0.25, 0.3) is 0 Å². The Morgan fingerprint density at radius 2 is 1.40 bits per heavy atom. The Labute approximate surface area is 201 Å². The molecule has 0 radical (unpaired) electrons. The molecule has 0 aromatic heterocycles. The average molecular weight is 378 g/mol. The molecule has 0 fully saturated rings. The fourth-order valence-corrected chi connectivity index (χ4v) is 1.24. The second-order valence-corrected chi connectivity index (χ2v) is 4.70. The minimum atomic E-state index is -5.31. The monoisotopic (exact) mass is 378 g/mol. The topological polar surface area (TPSA) is 153 Å². The minimum absolute atomic E-state index is 0. The van der Waals surface area contributed by atoms with Gasteiger partial charge in [-0.2, -0.15) is 0 Å². The van der Waals surface area contributed by atoms with E-state index in [1.165, 1.54) is 0 Å². The van der Waals surface area contributed by atoms with Gasteiger partial charge in [-0.25, -0.2) is 16.8 Å². The van der Waals surface area contributed by atoms with E-state index >= 15 is 0 Å². The van der Waals surface area contributed by atoms with Gasteiger partial charge in [-0.15, -0.1) is 8.67 Å². The number of phenols is 1. The zero-order valence-electron chi connectivity index (χ0n) is 10.8. The summed E-state index contributed by atoms with van der Waals surface area (Å²) in [6.07, 6.45) is 0. The molecule has 0 bridgehead atoms. The van der Waals surface area contributed by atoms with Crippen molar-refractivity contribution in [1.82, 2.24) is 0 Å². The molecule has 1 aromatic rings. The molecule has 0 aliphatic rings. The van der Waals surface area contributed by atoms with Crippen molar-refractivity contribution in [2.75, 3.05) is 0 Å². The Morgan fingerprint density at radius 1 is 1.00 bits per heavy atom. The molecular weight excluding hydrogens is 370 g/mol. The van der Waals surface area contributed by atoms with Gasteiger partial charge >= 0.3 is 103 Å². The Kier molecular flexibility index (Phi) is 16.8. The predicted octanol–water partition coefficient (Wildman–Crippen LogP) is -6.44. The molecule has 0 saturated heterocycles. The summed E-state index contributed by atoms with van der Waals surface area (Å²) in [6.45, 7) is 1.94. The third kappa shape index (κ3) is 20.0. The first-order valence-electron chi connectivity index (χ1n) is 4.04. The second kappa shape index (κ2) is 12.5. The number of phenolic OH excluding ortho intramolecular Hbond substituents is 1. The third-order valence-corrected chi connectivity index (χ3v) is 1.75. The van der Waals surface area contributed by atoms with Crippen molar-refractivity contribution in [1.29, 1.82) is 0 Å². The number of rotatable bonds is 3. The van der Waals surface area contributed by atoms with Crippen molar-refractivity contribution < 1.29 is 142 Å². The molecule has 1 rings (SSSR count). The summed E-state index contributed by atoms with van der Waals surface area (Å²) < 4.78 is 61.5. The molecule has 0 atom stereocenters. The van der Waals surface area contributed by atoms with E-state index in [0.717, 1.165) is 5.56 Å². The van der Waals surface area contributed by atoms with Crippen LogP contribution in [0, 0.1) is 6.92 Å².